The molecule has 0 saturated heterocycles. The molecule has 1 unspecified atom stereocenters. The van der Waals surface area contributed by atoms with E-state index in [1.54, 1.807) is 36.3 Å². The van der Waals surface area contributed by atoms with E-state index < -0.39 is 10.0 Å². The molecule has 0 amide bonds. The Balaban J connectivity index is 1.75. The third-order valence-corrected chi connectivity index (χ3v) is 9.56. The lowest BCUT2D eigenvalue weighted by Crippen LogP contribution is -2.26. The van der Waals surface area contributed by atoms with Crippen LogP contribution < -0.4 is 4.31 Å². The molecule has 4 rings (SSSR count). The molecule has 0 aliphatic carbocycles. The topological polar surface area (TPSA) is 65.5 Å². The van der Waals surface area contributed by atoms with Gasteiger partial charge < -0.3 is 4.98 Å². The van der Waals surface area contributed by atoms with Crippen molar-refractivity contribution in [1.29, 1.82) is 0 Å². The number of thiophene rings is 1. The molecule has 1 aromatic carbocycles. The monoisotopic (exact) mass is 419 g/mol. The van der Waals surface area contributed by atoms with Crippen LogP contribution in [0.15, 0.2) is 51.0 Å². The first-order chi connectivity index (χ1) is 12.8. The normalized spacial score (nSPS) is 20.2. The molecule has 1 aliphatic rings. The standard InChI is InChI=1S/C19H21N3O2S3/c1-4-19(2)12-20-18(26-19)14-11-13-7-5-8-15(17(13)21-14)22(3)27(23,24)16-9-6-10-25-16/h5-11,21H,4,12H2,1-3H3. The Kier molecular flexibility index (Phi) is 4.60. The van der Waals surface area contributed by atoms with Crippen LogP contribution in [-0.2, 0) is 10.0 Å². The number of hydrogen-bond acceptors (Lipinski definition) is 5. The molecule has 1 aliphatic heterocycles. The van der Waals surface area contributed by atoms with Gasteiger partial charge in [0.2, 0.25) is 0 Å². The minimum absolute atomic E-state index is 0.134. The highest BCUT2D eigenvalue weighted by Crippen LogP contribution is 2.39. The van der Waals surface area contributed by atoms with Crippen LogP contribution in [0.25, 0.3) is 10.9 Å². The van der Waals surface area contributed by atoms with E-state index in [0.717, 1.165) is 34.6 Å². The molecule has 3 heterocycles. The fraction of sp³-hybridized carbons (Fsp3) is 0.316. The first-order valence-corrected chi connectivity index (χ1v) is 11.9. The molecular formula is C19H21N3O2S3. The number of thioether (sulfide) groups is 1. The van der Waals surface area contributed by atoms with Crippen molar-refractivity contribution in [1.82, 2.24) is 4.98 Å². The number of aromatic nitrogens is 1. The second-order valence-corrected chi connectivity index (χ2v) is 11.6. The van der Waals surface area contributed by atoms with Gasteiger partial charge in [-0.15, -0.1) is 11.3 Å². The van der Waals surface area contributed by atoms with Gasteiger partial charge in [-0.1, -0.05) is 36.9 Å². The summed E-state index contributed by atoms with van der Waals surface area (Å²) in [5.41, 5.74) is 2.39. The maximum Gasteiger partial charge on any atom is 0.273 e. The van der Waals surface area contributed by atoms with E-state index in [1.165, 1.54) is 15.6 Å². The van der Waals surface area contributed by atoms with Crippen LogP contribution in [0.1, 0.15) is 26.0 Å². The van der Waals surface area contributed by atoms with Gasteiger partial charge >= 0.3 is 0 Å². The number of benzene rings is 1. The van der Waals surface area contributed by atoms with Crippen molar-refractivity contribution in [2.75, 3.05) is 17.9 Å². The van der Waals surface area contributed by atoms with Crippen molar-refractivity contribution < 1.29 is 8.42 Å². The lowest BCUT2D eigenvalue weighted by atomic mass is 10.1. The number of anilines is 1. The summed E-state index contributed by atoms with van der Waals surface area (Å²) in [6.07, 6.45) is 1.05. The van der Waals surface area contributed by atoms with Gasteiger partial charge in [-0.25, -0.2) is 8.42 Å². The molecule has 0 spiro atoms. The summed E-state index contributed by atoms with van der Waals surface area (Å²) in [4.78, 5) is 8.12. The molecule has 0 fully saturated rings. The highest BCUT2D eigenvalue weighted by Gasteiger charge is 2.32. The van der Waals surface area contributed by atoms with Gasteiger partial charge in [-0.05, 0) is 36.9 Å². The molecule has 0 bridgehead atoms. The molecule has 1 atom stereocenters. The average Bonchev–Trinajstić information content (AvgIpc) is 3.39. The summed E-state index contributed by atoms with van der Waals surface area (Å²) in [5.74, 6) is 0. The number of aliphatic imine (C=N–C) groups is 1. The van der Waals surface area contributed by atoms with Crippen LogP contribution in [0.2, 0.25) is 0 Å². The molecule has 5 nitrogen and oxygen atoms in total. The average molecular weight is 420 g/mol. The van der Waals surface area contributed by atoms with Crippen LogP contribution >= 0.6 is 23.1 Å². The fourth-order valence-electron chi connectivity index (χ4n) is 3.05. The maximum absolute atomic E-state index is 12.9. The molecule has 0 saturated carbocycles. The third-order valence-electron chi connectivity index (χ3n) is 4.96. The summed E-state index contributed by atoms with van der Waals surface area (Å²) in [6.45, 7) is 5.21. The molecule has 142 valence electrons. The van der Waals surface area contributed by atoms with E-state index in [0.29, 0.717) is 9.90 Å². The number of rotatable bonds is 5. The molecule has 2 aromatic heterocycles. The number of fused-ring (bicyclic) bond motifs is 1. The van der Waals surface area contributed by atoms with E-state index in [9.17, 15) is 8.42 Å². The van der Waals surface area contributed by atoms with Crippen molar-refractivity contribution in [2.45, 2.75) is 29.2 Å². The smallest absolute Gasteiger partial charge is 0.273 e. The Hall–Kier alpha value is -1.77. The van der Waals surface area contributed by atoms with Crippen molar-refractivity contribution in [3.63, 3.8) is 0 Å². The Morgan fingerprint density at radius 3 is 2.78 bits per heavy atom. The van der Waals surface area contributed by atoms with Gasteiger partial charge in [0.1, 0.15) is 9.25 Å². The number of H-pyrrole nitrogens is 1. The number of aromatic amines is 1. The van der Waals surface area contributed by atoms with Gasteiger partial charge in [0.25, 0.3) is 10.0 Å². The number of nitrogens with one attached hydrogen (secondary N) is 1. The Bertz CT molecular complexity index is 1120. The predicted molar refractivity (Wildman–Crippen MR) is 116 cm³/mol. The number of hydrogen-bond donors (Lipinski definition) is 1. The first-order valence-electron chi connectivity index (χ1n) is 8.72. The molecule has 3 aromatic rings. The van der Waals surface area contributed by atoms with E-state index in [1.807, 2.05) is 18.2 Å². The third kappa shape index (κ3) is 3.19. The number of nitrogens with zero attached hydrogens (tertiary/aromatic N) is 2. The maximum atomic E-state index is 12.9. The molecule has 1 N–H and O–H groups in total. The van der Waals surface area contributed by atoms with Gasteiger partial charge in [0, 0.05) is 17.2 Å². The number of para-hydroxylation sites is 1. The molecule has 0 radical (unpaired) electrons. The summed E-state index contributed by atoms with van der Waals surface area (Å²) < 4.78 is 27.7. The Morgan fingerprint density at radius 1 is 1.30 bits per heavy atom. The fourth-order valence-corrected chi connectivity index (χ4v) is 6.51. The molecule has 8 heteroatoms. The quantitative estimate of drug-likeness (QED) is 0.651. The second kappa shape index (κ2) is 6.68. The zero-order valence-electron chi connectivity index (χ0n) is 15.4. The van der Waals surface area contributed by atoms with Crippen molar-refractivity contribution in [3.8, 4) is 0 Å². The number of sulfonamides is 1. The van der Waals surface area contributed by atoms with Crippen LogP contribution in [0.3, 0.4) is 0 Å². The van der Waals surface area contributed by atoms with Gasteiger partial charge in [-0.3, -0.25) is 9.30 Å². The van der Waals surface area contributed by atoms with E-state index in [2.05, 4.69) is 24.9 Å². The van der Waals surface area contributed by atoms with Crippen LogP contribution in [0.5, 0.6) is 0 Å². The largest absolute Gasteiger partial charge is 0.351 e. The zero-order valence-corrected chi connectivity index (χ0v) is 17.8. The van der Waals surface area contributed by atoms with Crippen LogP contribution in [0.4, 0.5) is 5.69 Å². The lowest BCUT2D eigenvalue weighted by Gasteiger charge is -2.19. The predicted octanol–water partition coefficient (Wildman–Crippen LogP) is 4.72. The van der Waals surface area contributed by atoms with E-state index in [-0.39, 0.29) is 4.75 Å². The highest BCUT2D eigenvalue weighted by molar-refractivity contribution is 8.15. The van der Waals surface area contributed by atoms with Crippen molar-refractivity contribution in [2.24, 2.45) is 4.99 Å². The van der Waals surface area contributed by atoms with E-state index in [4.69, 9.17) is 4.99 Å². The van der Waals surface area contributed by atoms with Crippen molar-refractivity contribution >= 4 is 54.8 Å². The van der Waals surface area contributed by atoms with Gasteiger partial charge in [-0.2, -0.15) is 0 Å². The second-order valence-electron chi connectivity index (χ2n) is 6.86. The highest BCUT2D eigenvalue weighted by atomic mass is 32.2. The minimum Gasteiger partial charge on any atom is -0.351 e. The Morgan fingerprint density at radius 2 is 2.11 bits per heavy atom. The van der Waals surface area contributed by atoms with E-state index >= 15 is 0 Å². The molecular weight excluding hydrogens is 398 g/mol. The minimum atomic E-state index is -3.58. The summed E-state index contributed by atoms with van der Waals surface area (Å²) in [5, 5.41) is 3.74. The molecule has 27 heavy (non-hydrogen) atoms. The van der Waals surface area contributed by atoms with Gasteiger partial charge in [0.05, 0.1) is 23.4 Å². The van der Waals surface area contributed by atoms with Crippen LogP contribution in [-0.4, -0.2) is 36.8 Å². The first kappa shape index (κ1) is 18.6. The SMILES string of the molecule is CCC1(C)CN=C(c2cc3cccc(N(C)S(=O)(=O)c4cccs4)c3[nH]2)S1. The van der Waals surface area contributed by atoms with Gasteiger partial charge in [0.15, 0.2) is 0 Å². The van der Waals surface area contributed by atoms with Crippen LogP contribution in [0, 0.1) is 0 Å². The Labute approximate surface area is 167 Å². The van der Waals surface area contributed by atoms with Crippen molar-refractivity contribution in [3.05, 3.63) is 47.5 Å². The summed E-state index contributed by atoms with van der Waals surface area (Å²) >= 11 is 3.01. The summed E-state index contributed by atoms with van der Waals surface area (Å²) in [6, 6.07) is 11.1. The zero-order chi connectivity index (χ0) is 19.2. The summed E-state index contributed by atoms with van der Waals surface area (Å²) in [7, 11) is -1.98. The lowest BCUT2D eigenvalue weighted by molar-refractivity contribution is 0.596.